The van der Waals surface area contributed by atoms with Crippen LogP contribution in [0.2, 0.25) is 0 Å². The molecule has 0 saturated heterocycles. The van der Waals surface area contributed by atoms with Crippen LogP contribution in [0.25, 0.3) is 5.70 Å². The first kappa shape index (κ1) is 15.1. The molecule has 0 fully saturated rings. The molecule has 1 heterocycles. The van der Waals surface area contributed by atoms with E-state index in [1.54, 1.807) is 11.5 Å². The monoisotopic (exact) mass is 284 g/mol. The van der Waals surface area contributed by atoms with E-state index < -0.39 is 0 Å². The fourth-order valence-electron chi connectivity index (χ4n) is 1.36. The Morgan fingerprint density at radius 3 is 2.50 bits per heavy atom. The Labute approximate surface area is 118 Å². The van der Waals surface area contributed by atoms with Crippen molar-refractivity contribution in [3.05, 3.63) is 34.3 Å². The molecule has 0 bridgehead atoms. The molecule has 0 unspecified atom stereocenters. The number of aryl methyl sites for hydroxylation is 1. The molecule has 98 valence electrons. The standard InChI is InChI=1S/C13H17NO2S2/c1-4-16-12(15)11(13(17)18-5-2)14-8-6-10(3)7-9-14/h6-9H,4-5H2,1-3H3/p+1. The second-order valence-corrected chi connectivity index (χ2v) is 5.61. The summed E-state index contributed by atoms with van der Waals surface area (Å²) < 4.78 is 7.49. The van der Waals surface area contributed by atoms with Crippen LogP contribution >= 0.6 is 24.4 Å². The lowest BCUT2D eigenvalue weighted by atomic mass is 10.3. The second kappa shape index (κ2) is 7.48. The molecule has 0 spiro atoms. The fraction of sp³-hybridized carbons (Fsp3) is 0.385. The van der Waals surface area contributed by atoms with E-state index in [9.17, 15) is 4.79 Å². The van der Waals surface area contributed by atoms with Crippen LogP contribution in [0, 0.1) is 6.92 Å². The average Bonchev–Trinajstić information content (AvgIpc) is 2.33. The van der Waals surface area contributed by atoms with Gasteiger partial charge in [-0.15, -0.1) is 24.4 Å². The van der Waals surface area contributed by atoms with Gasteiger partial charge in [-0.3, -0.25) is 0 Å². The van der Waals surface area contributed by atoms with E-state index in [2.05, 4.69) is 12.6 Å². The van der Waals surface area contributed by atoms with Crippen molar-refractivity contribution < 1.29 is 14.1 Å². The van der Waals surface area contributed by atoms with Crippen molar-refractivity contribution in [1.29, 1.82) is 0 Å². The molecule has 1 rings (SSSR count). The van der Waals surface area contributed by atoms with Crippen molar-refractivity contribution in [2.75, 3.05) is 12.4 Å². The van der Waals surface area contributed by atoms with Gasteiger partial charge in [0, 0.05) is 12.1 Å². The Kier molecular flexibility index (Phi) is 6.29. The van der Waals surface area contributed by atoms with Gasteiger partial charge < -0.3 is 4.74 Å². The van der Waals surface area contributed by atoms with E-state index in [0.717, 1.165) is 11.3 Å². The topological polar surface area (TPSA) is 30.2 Å². The maximum absolute atomic E-state index is 12.0. The molecule has 3 nitrogen and oxygen atoms in total. The summed E-state index contributed by atoms with van der Waals surface area (Å²) in [5, 5.41) is 0. The molecule has 0 amide bonds. The quantitative estimate of drug-likeness (QED) is 0.390. The first-order valence-electron chi connectivity index (χ1n) is 5.81. The van der Waals surface area contributed by atoms with Crippen LogP contribution in [0.15, 0.2) is 28.8 Å². The molecule has 0 N–H and O–H groups in total. The first-order chi connectivity index (χ1) is 8.60. The van der Waals surface area contributed by atoms with Gasteiger partial charge in [-0.25, -0.2) is 4.79 Å². The Morgan fingerprint density at radius 2 is 2.00 bits per heavy atom. The van der Waals surface area contributed by atoms with Crippen LogP contribution in [0.3, 0.4) is 0 Å². The van der Waals surface area contributed by atoms with E-state index in [-0.39, 0.29) is 5.97 Å². The van der Waals surface area contributed by atoms with Crippen molar-refractivity contribution in [2.45, 2.75) is 20.8 Å². The molecule has 1 aromatic heterocycles. The van der Waals surface area contributed by atoms with E-state index in [1.807, 2.05) is 38.4 Å². The number of carbonyl (C=O) groups is 1. The number of carbonyl (C=O) groups excluding carboxylic acids is 1. The van der Waals surface area contributed by atoms with Gasteiger partial charge in [-0.2, -0.15) is 4.57 Å². The maximum atomic E-state index is 12.0. The number of aromatic nitrogens is 1. The Hall–Kier alpha value is -0.940. The van der Waals surface area contributed by atoms with Crippen molar-refractivity contribution in [1.82, 2.24) is 0 Å². The number of hydrogen-bond acceptors (Lipinski definition) is 4. The van der Waals surface area contributed by atoms with Gasteiger partial charge in [0.05, 0.1) is 6.61 Å². The Balaban J connectivity index is 3.16. The Bertz CT molecular complexity index is 441. The lowest BCUT2D eigenvalue weighted by Crippen LogP contribution is -2.37. The highest BCUT2D eigenvalue weighted by molar-refractivity contribution is 8.15. The molecular weight excluding hydrogens is 266 g/mol. The average molecular weight is 284 g/mol. The normalized spacial score (nSPS) is 12.0. The molecule has 0 aliphatic carbocycles. The fourth-order valence-corrected chi connectivity index (χ4v) is 2.55. The van der Waals surface area contributed by atoms with Crippen molar-refractivity contribution in [2.24, 2.45) is 0 Å². The minimum Gasteiger partial charge on any atom is -0.458 e. The summed E-state index contributed by atoms with van der Waals surface area (Å²) in [5.74, 6) is 0.506. The predicted octanol–water partition coefficient (Wildman–Crippen LogP) is 2.65. The lowest BCUT2D eigenvalue weighted by Gasteiger charge is -2.05. The van der Waals surface area contributed by atoms with Crippen LogP contribution in [0.4, 0.5) is 0 Å². The summed E-state index contributed by atoms with van der Waals surface area (Å²) in [7, 11) is 0. The number of ether oxygens (including phenoxy) is 1. The third-order valence-corrected chi connectivity index (χ3v) is 3.56. The summed E-state index contributed by atoms with van der Waals surface area (Å²) >= 11 is 5.91. The molecule has 0 aliphatic rings. The molecule has 1 aromatic rings. The number of hydrogen-bond donors (Lipinski definition) is 1. The highest BCUT2D eigenvalue weighted by Gasteiger charge is 2.25. The van der Waals surface area contributed by atoms with E-state index in [1.165, 1.54) is 11.8 Å². The maximum Gasteiger partial charge on any atom is 0.405 e. The zero-order valence-electron chi connectivity index (χ0n) is 10.8. The van der Waals surface area contributed by atoms with E-state index in [0.29, 0.717) is 16.5 Å². The van der Waals surface area contributed by atoms with Crippen LogP contribution in [-0.4, -0.2) is 18.3 Å². The predicted molar refractivity (Wildman–Crippen MR) is 78.3 cm³/mol. The number of esters is 1. The SMILES string of the molecule is CCOC(=O)/C(=C(/S)SCC)[n+]1ccc(C)cc1. The van der Waals surface area contributed by atoms with Crippen molar-refractivity contribution in [3.63, 3.8) is 0 Å². The summed E-state index contributed by atoms with van der Waals surface area (Å²) in [6, 6.07) is 3.88. The molecular formula is C13H18NO2S2+. The molecule has 5 heteroatoms. The van der Waals surface area contributed by atoms with Gasteiger partial charge in [0.15, 0.2) is 12.4 Å². The largest absolute Gasteiger partial charge is 0.458 e. The molecule has 0 atom stereocenters. The van der Waals surface area contributed by atoms with E-state index >= 15 is 0 Å². The van der Waals surface area contributed by atoms with Gasteiger partial charge in [0.25, 0.3) is 0 Å². The minimum absolute atomic E-state index is 0.350. The summed E-state index contributed by atoms with van der Waals surface area (Å²) in [4.78, 5) is 12.0. The lowest BCUT2D eigenvalue weighted by molar-refractivity contribution is -0.578. The zero-order valence-corrected chi connectivity index (χ0v) is 12.6. The highest BCUT2D eigenvalue weighted by Crippen LogP contribution is 2.24. The molecule has 0 radical (unpaired) electrons. The van der Waals surface area contributed by atoms with Crippen LogP contribution in [0.5, 0.6) is 0 Å². The summed E-state index contributed by atoms with van der Waals surface area (Å²) in [6.45, 7) is 6.16. The molecule has 18 heavy (non-hydrogen) atoms. The first-order valence-corrected chi connectivity index (χ1v) is 7.24. The second-order valence-electron chi connectivity index (χ2n) is 3.59. The number of pyridine rings is 1. The van der Waals surface area contributed by atoms with E-state index in [4.69, 9.17) is 4.74 Å². The van der Waals surface area contributed by atoms with Crippen LogP contribution < -0.4 is 4.57 Å². The minimum atomic E-state index is -0.350. The van der Waals surface area contributed by atoms with Gasteiger partial charge >= 0.3 is 11.7 Å². The highest BCUT2D eigenvalue weighted by atomic mass is 32.2. The van der Waals surface area contributed by atoms with Crippen LogP contribution in [-0.2, 0) is 9.53 Å². The number of nitrogens with zero attached hydrogens (tertiary/aromatic N) is 1. The number of rotatable bonds is 5. The molecule has 0 aliphatic heterocycles. The number of thioether (sulfide) groups is 1. The number of thiol groups is 1. The Morgan fingerprint density at radius 1 is 1.39 bits per heavy atom. The summed E-state index contributed by atoms with van der Waals surface area (Å²) in [6.07, 6.45) is 3.68. The smallest absolute Gasteiger partial charge is 0.405 e. The molecule has 0 aromatic carbocycles. The van der Waals surface area contributed by atoms with Crippen molar-refractivity contribution >= 4 is 36.1 Å². The van der Waals surface area contributed by atoms with Gasteiger partial charge in [0.1, 0.15) is 4.24 Å². The van der Waals surface area contributed by atoms with Gasteiger partial charge in [-0.1, -0.05) is 6.92 Å². The molecule has 0 saturated carbocycles. The van der Waals surface area contributed by atoms with Crippen LogP contribution in [0.1, 0.15) is 19.4 Å². The van der Waals surface area contributed by atoms with Gasteiger partial charge in [0.2, 0.25) is 0 Å². The third kappa shape index (κ3) is 4.07. The van der Waals surface area contributed by atoms with Gasteiger partial charge in [-0.05, 0) is 25.2 Å². The summed E-state index contributed by atoms with van der Waals surface area (Å²) in [5.41, 5.74) is 1.60. The third-order valence-electron chi connectivity index (χ3n) is 2.21. The van der Waals surface area contributed by atoms with Crippen molar-refractivity contribution in [3.8, 4) is 0 Å². The zero-order chi connectivity index (χ0) is 13.5.